The first-order valence-corrected chi connectivity index (χ1v) is 10.3. The lowest BCUT2D eigenvalue weighted by Crippen LogP contribution is -2.40. The Morgan fingerprint density at radius 1 is 0.625 bits per heavy atom. The van der Waals surface area contributed by atoms with Crippen molar-refractivity contribution in [3.63, 3.8) is 0 Å². The molecule has 0 bridgehead atoms. The Hall–Kier alpha value is -1.06. The van der Waals surface area contributed by atoms with Crippen LogP contribution in [0.5, 0.6) is 0 Å². The monoisotopic (exact) mass is 336 g/mol. The molecule has 138 valence electrons. The Balaban J connectivity index is 1.83. The van der Waals surface area contributed by atoms with E-state index in [1.165, 1.54) is 51.4 Å². The van der Waals surface area contributed by atoms with Gasteiger partial charge in [0.2, 0.25) is 11.8 Å². The predicted molar refractivity (Wildman–Crippen MR) is 97.4 cm³/mol. The second kappa shape index (κ2) is 10.7. The number of nitrogens with zero attached hydrogens (tertiary/aromatic N) is 1. The van der Waals surface area contributed by atoms with Crippen LogP contribution in [0.3, 0.4) is 0 Å². The molecule has 0 radical (unpaired) electrons. The van der Waals surface area contributed by atoms with Gasteiger partial charge in [0.25, 0.3) is 0 Å². The van der Waals surface area contributed by atoms with Gasteiger partial charge in [-0.3, -0.25) is 9.59 Å². The Morgan fingerprint density at radius 2 is 1.00 bits per heavy atom. The summed E-state index contributed by atoms with van der Waals surface area (Å²) in [4.78, 5) is 26.4. The molecule has 24 heavy (non-hydrogen) atoms. The summed E-state index contributed by atoms with van der Waals surface area (Å²) < 4.78 is 0. The summed E-state index contributed by atoms with van der Waals surface area (Å²) in [5.41, 5.74) is 5.41. The maximum Gasteiger partial charge on any atom is 0.225 e. The summed E-state index contributed by atoms with van der Waals surface area (Å²) in [6.07, 6.45) is 16.1. The number of primary amides is 1. The fourth-order valence-electron chi connectivity index (χ4n) is 4.23. The van der Waals surface area contributed by atoms with Crippen molar-refractivity contribution in [2.24, 2.45) is 17.6 Å². The van der Waals surface area contributed by atoms with E-state index in [9.17, 15) is 9.59 Å². The Labute approximate surface area is 147 Å². The van der Waals surface area contributed by atoms with Gasteiger partial charge in [0.05, 0.1) is 0 Å². The first kappa shape index (κ1) is 19.3. The van der Waals surface area contributed by atoms with Crippen LogP contribution >= 0.6 is 0 Å². The molecule has 0 spiro atoms. The van der Waals surface area contributed by atoms with E-state index in [0.717, 1.165) is 51.6 Å². The van der Waals surface area contributed by atoms with Crippen molar-refractivity contribution in [3.05, 3.63) is 0 Å². The lowest BCUT2D eigenvalue weighted by atomic mass is 9.81. The molecule has 0 aromatic heterocycles. The van der Waals surface area contributed by atoms with Crippen LogP contribution < -0.4 is 5.73 Å². The molecule has 4 heteroatoms. The van der Waals surface area contributed by atoms with E-state index in [2.05, 4.69) is 4.90 Å². The third kappa shape index (κ3) is 6.45. The molecule has 1 heterocycles. The first-order chi connectivity index (χ1) is 11.7. The zero-order valence-electron chi connectivity index (χ0n) is 15.3. The summed E-state index contributed by atoms with van der Waals surface area (Å²) in [6, 6.07) is 0. The Kier molecular flexibility index (Phi) is 8.62. The number of rotatable bonds is 2. The molecule has 1 aliphatic carbocycles. The summed E-state index contributed by atoms with van der Waals surface area (Å²) in [7, 11) is 0. The average Bonchev–Trinajstić information content (AvgIpc) is 2.62. The molecule has 1 aliphatic heterocycles. The molecular formula is C20H36N2O2. The molecule has 2 fully saturated rings. The molecule has 1 saturated heterocycles. The second-order valence-corrected chi connectivity index (χ2v) is 7.81. The molecule has 1 saturated carbocycles. The standard InChI is InChI=1S/C20H36N2O2/c21-19(23)17-11-13-18(14-12-17)20(24)22-15-9-7-5-3-1-2-4-6-8-10-16-22/h17-18H,1-16H2,(H2,21,23). The van der Waals surface area contributed by atoms with E-state index in [1.54, 1.807) is 0 Å². The Bertz CT molecular complexity index is 375. The van der Waals surface area contributed by atoms with E-state index in [-0.39, 0.29) is 17.7 Å². The van der Waals surface area contributed by atoms with Gasteiger partial charge < -0.3 is 10.6 Å². The number of hydrogen-bond donors (Lipinski definition) is 1. The molecule has 0 unspecified atom stereocenters. The van der Waals surface area contributed by atoms with E-state index >= 15 is 0 Å². The van der Waals surface area contributed by atoms with Gasteiger partial charge in [0.15, 0.2) is 0 Å². The number of amides is 2. The highest BCUT2D eigenvalue weighted by molar-refractivity contribution is 5.80. The lowest BCUT2D eigenvalue weighted by molar-refractivity contribution is -0.138. The normalized spacial score (nSPS) is 28.2. The molecule has 2 N–H and O–H groups in total. The molecule has 2 aliphatic rings. The highest BCUT2D eigenvalue weighted by atomic mass is 16.2. The summed E-state index contributed by atoms with van der Waals surface area (Å²) in [5.74, 6) is 0.261. The van der Waals surface area contributed by atoms with Gasteiger partial charge >= 0.3 is 0 Å². The molecule has 0 atom stereocenters. The third-order valence-electron chi connectivity index (χ3n) is 5.90. The fraction of sp³-hybridized carbons (Fsp3) is 0.900. The smallest absolute Gasteiger partial charge is 0.225 e. The van der Waals surface area contributed by atoms with Crippen LogP contribution in [-0.2, 0) is 9.59 Å². The maximum atomic E-state index is 12.9. The van der Waals surface area contributed by atoms with Gasteiger partial charge in [-0.2, -0.15) is 0 Å². The lowest BCUT2D eigenvalue weighted by Gasteiger charge is -2.31. The van der Waals surface area contributed by atoms with Crippen molar-refractivity contribution in [1.29, 1.82) is 0 Å². The van der Waals surface area contributed by atoms with Gasteiger partial charge in [0, 0.05) is 24.9 Å². The minimum absolute atomic E-state index is 0.0101. The average molecular weight is 337 g/mol. The van der Waals surface area contributed by atoms with Crippen LogP contribution in [0.15, 0.2) is 0 Å². The van der Waals surface area contributed by atoms with Crippen LogP contribution in [0.1, 0.15) is 89.9 Å². The number of hydrogen-bond acceptors (Lipinski definition) is 2. The van der Waals surface area contributed by atoms with Gasteiger partial charge in [-0.25, -0.2) is 0 Å². The van der Waals surface area contributed by atoms with Crippen LogP contribution in [0.2, 0.25) is 0 Å². The molecule has 2 amide bonds. The van der Waals surface area contributed by atoms with E-state index in [0.29, 0.717) is 5.91 Å². The quantitative estimate of drug-likeness (QED) is 0.827. The van der Waals surface area contributed by atoms with Crippen molar-refractivity contribution >= 4 is 11.8 Å². The SMILES string of the molecule is NC(=O)C1CCC(C(=O)N2CCCCCCCCCCCC2)CC1. The topological polar surface area (TPSA) is 63.4 Å². The largest absolute Gasteiger partial charge is 0.369 e. The number of carbonyl (C=O) groups is 2. The van der Waals surface area contributed by atoms with E-state index < -0.39 is 0 Å². The fourth-order valence-corrected chi connectivity index (χ4v) is 4.23. The Morgan fingerprint density at radius 3 is 1.42 bits per heavy atom. The van der Waals surface area contributed by atoms with E-state index in [4.69, 9.17) is 5.73 Å². The second-order valence-electron chi connectivity index (χ2n) is 7.81. The molecule has 0 aromatic carbocycles. The summed E-state index contributed by atoms with van der Waals surface area (Å²) in [5, 5.41) is 0. The minimum atomic E-state index is -0.191. The minimum Gasteiger partial charge on any atom is -0.369 e. The van der Waals surface area contributed by atoms with Crippen molar-refractivity contribution in [3.8, 4) is 0 Å². The molecule has 0 aromatic rings. The maximum absolute atomic E-state index is 12.9. The van der Waals surface area contributed by atoms with Crippen molar-refractivity contribution in [1.82, 2.24) is 4.90 Å². The van der Waals surface area contributed by atoms with Gasteiger partial charge in [0.1, 0.15) is 0 Å². The predicted octanol–water partition coefficient (Wildman–Crippen LogP) is 4.02. The zero-order chi connectivity index (χ0) is 17.2. The highest BCUT2D eigenvalue weighted by Gasteiger charge is 2.31. The van der Waals surface area contributed by atoms with Gasteiger partial charge in [-0.1, -0.05) is 51.4 Å². The van der Waals surface area contributed by atoms with Crippen LogP contribution in [0, 0.1) is 11.8 Å². The van der Waals surface area contributed by atoms with Gasteiger partial charge in [-0.05, 0) is 38.5 Å². The van der Waals surface area contributed by atoms with Crippen molar-refractivity contribution < 1.29 is 9.59 Å². The third-order valence-corrected chi connectivity index (χ3v) is 5.90. The van der Waals surface area contributed by atoms with Crippen LogP contribution in [0.4, 0.5) is 0 Å². The van der Waals surface area contributed by atoms with Crippen molar-refractivity contribution in [2.75, 3.05) is 13.1 Å². The first-order valence-electron chi connectivity index (χ1n) is 10.3. The molecule has 2 rings (SSSR count). The summed E-state index contributed by atoms with van der Waals surface area (Å²) in [6.45, 7) is 1.85. The summed E-state index contributed by atoms with van der Waals surface area (Å²) >= 11 is 0. The van der Waals surface area contributed by atoms with E-state index in [1.807, 2.05) is 0 Å². The highest BCUT2D eigenvalue weighted by Crippen LogP contribution is 2.30. The number of carbonyl (C=O) groups excluding carboxylic acids is 2. The van der Waals surface area contributed by atoms with Crippen LogP contribution in [0.25, 0.3) is 0 Å². The molecule has 4 nitrogen and oxygen atoms in total. The van der Waals surface area contributed by atoms with Gasteiger partial charge in [-0.15, -0.1) is 0 Å². The number of nitrogens with two attached hydrogens (primary N) is 1. The zero-order valence-corrected chi connectivity index (χ0v) is 15.3. The molecular weight excluding hydrogens is 300 g/mol. The van der Waals surface area contributed by atoms with Crippen LogP contribution in [-0.4, -0.2) is 29.8 Å². The van der Waals surface area contributed by atoms with Crippen molar-refractivity contribution in [2.45, 2.75) is 89.9 Å².